The SMILES string of the molecule is O=C1NC(C2CCC2)=N/C1=C/c1cccnc1. The molecule has 1 aromatic rings. The van der Waals surface area contributed by atoms with Crippen molar-refractivity contribution in [3.05, 3.63) is 35.8 Å². The lowest BCUT2D eigenvalue weighted by Crippen LogP contribution is -2.33. The van der Waals surface area contributed by atoms with Crippen LogP contribution in [-0.4, -0.2) is 16.7 Å². The molecule has 0 bridgehead atoms. The number of amides is 1. The molecule has 1 N–H and O–H groups in total. The van der Waals surface area contributed by atoms with E-state index >= 15 is 0 Å². The van der Waals surface area contributed by atoms with Crippen molar-refractivity contribution in [2.75, 3.05) is 0 Å². The predicted octanol–water partition coefficient (Wildman–Crippen LogP) is 1.75. The molecule has 4 heteroatoms. The smallest absolute Gasteiger partial charge is 0.275 e. The summed E-state index contributed by atoms with van der Waals surface area (Å²) in [5.74, 6) is 1.20. The number of carbonyl (C=O) groups is 1. The van der Waals surface area contributed by atoms with Gasteiger partial charge in [-0.1, -0.05) is 12.5 Å². The molecule has 1 amide bonds. The van der Waals surface area contributed by atoms with E-state index < -0.39 is 0 Å². The van der Waals surface area contributed by atoms with Gasteiger partial charge in [-0.05, 0) is 30.5 Å². The Balaban J connectivity index is 1.85. The van der Waals surface area contributed by atoms with Crippen LogP contribution >= 0.6 is 0 Å². The Morgan fingerprint density at radius 1 is 1.41 bits per heavy atom. The third kappa shape index (κ3) is 1.98. The first kappa shape index (κ1) is 10.2. The fourth-order valence-corrected chi connectivity index (χ4v) is 1.98. The van der Waals surface area contributed by atoms with E-state index in [4.69, 9.17) is 0 Å². The van der Waals surface area contributed by atoms with Crippen LogP contribution in [0.25, 0.3) is 6.08 Å². The molecule has 3 rings (SSSR count). The average Bonchev–Trinajstić information content (AvgIpc) is 2.59. The monoisotopic (exact) mass is 227 g/mol. The highest BCUT2D eigenvalue weighted by Crippen LogP contribution is 2.29. The highest BCUT2D eigenvalue weighted by Gasteiger charge is 2.30. The molecule has 2 aliphatic rings. The molecule has 17 heavy (non-hydrogen) atoms. The minimum atomic E-state index is -0.101. The van der Waals surface area contributed by atoms with Crippen LogP contribution in [0, 0.1) is 5.92 Å². The quantitative estimate of drug-likeness (QED) is 0.782. The molecule has 1 aliphatic heterocycles. The summed E-state index contributed by atoms with van der Waals surface area (Å²) >= 11 is 0. The zero-order valence-electron chi connectivity index (χ0n) is 9.39. The maximum Gasteiger partial charge on any atom is 0.275 e. The third-order valence-corrected chi connectivity index (χ3v) is 3.19. The number of hydrogen-bond acceptors (Lipinski definition) is 3. The van der Waals surface area contributed by atoms with Crippen molar-refractivity contribution in [1.82, 2.24) is 10.3 Å². The van der Waals surface area contributed by atoms with E-state index in [1.165, 1.54) is 6.42 Å². The first-order valence-corrected chi connectivity index (χ1v) is 5.84. The van der Waals surface area contributed by atoms with Crippen molar-refractivity contribution in [1.29, 1.82) is 0 Å². The van der Waals surface area contributed by atoms with Gasteiger partial charge in [0.1, 0.15) is 11.5 Å². The molecule has 0 unspecified atom stereocenters. The zero-order valence-corrected chi connectivity index (χ0v) is 9.39. The van der Waals surface area contributed by atoms with Crippen molar-refractivity contribution in [2.45, 2.75) is 19.3 Å². The number of rotatable bonds is 2. The predicted molar refractivity (Wildman–Crippen MR) is 65.1 cm³/mol. The molecule has 1 aliphatic carbocycles. The van der Waals surface area contributed by atoms with Gasteiger partial charge in [0.15, 0.2) is 0 Å². The molecule has 0 atom stereocenters. The van der Waals surface area contributed by atoms with Gasteiger partial charge in [-0.25, -0.2) is 4.99 Å². The zero-order chi connectivity index (χ0) is 11.7. The first-order valence-electron chi connectivity index (χ1n) is 5.84. The Kier molecular flexibility index (Phi) is 2.48. The van der Waals surface area contributed by atoms with Crippen molar-refractivity contribution < 1.29 is 4.79 Å². The van der Waals surface area contributed by atoms with Gasteiger partial charge < -0.3 is 5.32 Å². The molecule has 0 radical (unpaired) electrons. The Labute approximate surface area is 99.5 Å². The fourth-order valence-electron chi connectivity index (χ4n) is 1.98. The summed E-state index contributed by atoms with van der Waals surface area (Å²) in [5.41, 5.74) is 1.39. The second kappa shape index (κ2) is 4.13. The van der Waals surface area contributed by atoms with Gasteiger partial charge >= 0.3 is 0 Å². The summed E-state index contributed by atoms with van der Waals surface area (Å²) in [5, 5.41) is 2.85. The van der Waals surface area contributed by atoms with Gasteiger partial charge in [-0.2, -0.15) is 0 Å². The molecule has 86 valence electrons. The molecule has 1 fully saturated rings. The lowest BCUT2D eigenvalue weighted by molar-refractivity contribution is -0.115. The van der Waals surface area contributed by atoms with Crippen LogP contribution in [0.2, 0.25) is 0 Å². The maximum atomic E-state index is 11.7. The standard InChI is InChI=1S/C13H13N3O/c17-13-11(7-9-3-2-6-14-8-9)15-12(16-13)10-4-1-5-10/h2-3,6-8,10H,1,4-5H2,(H,15,16,17)/b11-7+. The van der Waals surface area contributed by atoms with E-state index in [2.05, 4.69) is 15.3 Å². The number of pyridine rings is 1. The number of amidine groups is 1. The number of aromatic nitrogens is 1. The van der Waals surface area contributed by atoms with Crippen LogP contribution in [0.5, 0.6) is 0 Å². The summed E-state index contributed by atoms with van der Waals surface area (Å²) in [7, 11) is 0. The number of aliphatic imine (C=N–C) groups is 1. The van der Waals surface area contributed by atoms with Gasteiger partial charge in [-0.15, -0.1) is 0 Å². The van der Waals surface area contributed by atoms with Crippen molar-refractivity contribution in [3.63, 3.8) is 0 Å². The van der Waals surface area contributed by atoms with Gasteiger partial charge in [-0.3, -0.25) is 9.78 Å². The fraction of sp³-hybridized carbons (Fsp3) is 0.308. The number of nitrogens with zero attached hydrogens (tertiary/aromatic N) is 2. The van der Waals surface area contributed by atoms with E-state index in [9.17, 15) is 4.79 Å². The van der Waals surface area contributed by atoms with Gasteiger partial charge in [0, 0.05) is 18.3 Å². The number of carbonyl (C=O) groups excluding carboxylic acids is 1. The van der Waals surface area contributed by atoms with E-state index in [1.54, 1.807) is 18.5 Å². The Morgan fingerprint density at radius 2 is 2.29 bits per heavy atom. The Bertz CT molecular complexity index is 501. The molecule has 4 nitrogen and oxygen atoms in total. The van der Waals surface area contributed by atoms with Gasteiger partial charge in [0.2, 0.25) is 0 Å². The molecule has 0 spiro atoms. The van der Waals surface area contributed by atoms with Crippen LogP contribution in [0.3, 0.4) is 0 Å². The minimum Gasteiger partial charge on any atom is -0.308 e. The largest absolute Gasteiger partial charge is 0.308 e. The molecule has 2 heterocycles. The van der Waals surface area contributed by atoms with E-state index in [0.717, 1.165) is 24.2 Å². The lowest BCUT2D eigenvalue weighted by Gasteiger charge is -2.24. The van der Waals surface area contributed by atoms with E-state index in [0.29, 0.717) is 11.6 Å². The first-order chi connectivity index (χ1) is 8.33. The molecule has 1 saturated carbocycles. The molecular weight excluding hydrogens is 214 g/mol. The number of hydrogen-bond donors (Lipinski definition) is 1. The second-order valence-electron chi connectivity index (χ2n) is 4.39. The van der Waals surface area contributed by atoms with Gasteiger partial charge in [0.05, 0.1) is 0 Å². The van der Waals surface area contributed by atoms with E-state index in [-0.39, 0.29) is 5.91 Å². The average molecular weight is 227 g/mol. The van der Waals surface area contributed by atoms with Crippen LogP contribution in [0.15, 0.2) is 35.2 Å². The highest BCUT2D eigenvalue weighted by molar-refractivity contribution is 6.15. The van der Waals surface area contributed by atoms with Crippen molar-refractivity contribution in [2.24, 2.45) is 10.9 Å². The minimum absolute atomic E-state index is 0.101. The lowest BCUT2D eigenvalue weighted by atomic mass is 9.84. The normalized spacial score (nSPS) is 22.2. The van der Waals surface area contributed by atoms with Crippen LogP contribution < -0.4 is 5.32 Å². The van der Waals surface area contributed by atoms with Gasteiger partial charge in [0.25, 0.3) is 5.91 Å². The Morgan fingerprint density at radius 3 is 2.94 bits per heavy atom. The number of nitrogens with one attached hydrogen (secondary N) is 1. The summed E-state index contributed by atoms with van der Waals surface area (Å²) in [4.78, 5) is 20.1. The molecular formula is C13H13N3O. The second-order valence-corrected chi connectivity index (χ2v) is 4.39. The third-order valence-electron chi connectivity index (χ3n) is 3.19. The van der Waals surface area contributed by atoms with Crippen molar-refractivity contribution in [3.8, 4) is 0 Å². The molecule has 1 aromatic heterocycles. The summed E-state index contributed by atoms with van der Waals surface area (Å²) in [6.07, 6.45) is 8.71. The summed E-state index contributed by atoms with van der Waals surface area (Å²) < 4.78 is 0. The Hall–Kier alpha value is -1.97. The summed E-state index contributed by atoms with van der Waals surface area (Å²) in [6.45, 7) is 0. The van der Waals surface area contributed by atoms with Crippen molar-refractivity contribution >= 4 is 17.8 Å². The summed E-state index contributed by atoms with van der Waals surface area (Å²) in [6, 6.07) is 3.75. The highest BCUT2D eigenvalue weighted by atomic mass is 16.2. The maximum absolute atomic E-state index is 11.7. The van der Waals surface area contributed by atoms with Crippen LogP contribution in [0.1, 0.15) is 24.8 Å². The topological polar surface area (TPSA) is 54.4 Å². The van der Waals surface area contributed by atoms with Crippen LogP contribution in [0.4, 0.5) is 0 Å². The van der Waals surface area contributed by atoms with E-state index in [1.807, 2.05) is 12.1 Å². The van der Waals surface area contributed by atoms with Crippen LogP contribution in [-0.2, 0) is 4.79 Å². The molecule has 0 saturated heterocycles. The molecule has 0 aromatic carbocycles.